The van der Waals surface area contributed by atoms with Crippen molar-refractivity contribution in [1.82, 2.24) is 4.72 Å². The smallest absolute Gasteiger partial charge is 0.125 e. The summed E-state index contributed by atoms with van der Waals surface area (Å²) in [4.78, 5) is 0.996. The Morgan fingerprint density at radius 1 is 1.05 bits per heavy atom. The molecule has 2 nitrogen and oxygen atoms in total. The van der Waals surface area contributed by atoms with Gasteiger partial charge in [-0.15, -0.1) is 0 Å². The summed E-state index contributed by atoms with van der Waals surface area (Å²) in [6.45, 7) is 6.25. The van der Waals surface area contributed by atoms with Gasteiger partial charge in [-0.1, -0.05) is 37.0 Å². The SMILES string of the molecule is Cc1cc(C)c(S(=O)N[C@@H]2CCC3(CCCCC3)C2)c(C)c1. The molecule has 3 heteroatoms. The molecule has 2 aliphatic carbocycles. The lowest BCUT2D eigenvalue weighted by Crippen LogP contribution is -2.31. The molecule has 0 saturated heterocycles. The standard InChI is InChI=1S/C19H29NOS/c1-14-11-15(2)18(16(3)12-14)22(21)20-17-7-10-19(13-17)8-5-4-6-9-19/h11-12,17,20H,4-10,13H2,1-3H3/t17-,22?/m1/s1. The molecule has 1 spiro atoms. The second-order valence-electron chi connectivity index (χ2n) is 7.61. The van der Waals surface area contributed by atoms with Crippen molar-refractivity contribution in [3.8, 4) is 0 Å². The lowest BCUT2D eigenvalue weighted by atomic mass is 9.73. The van der Waals surface area contributed by atoms with E-state index >= 15 is 0 Å². The summed E-state index contributed by atoms with van der Waals surface area (Å²) in [5.74, 6) is 0. The Labute approximate surface area is 137 Å². The third kappa shape index (κ3) is 3.30. The summed E-state index contributed by atoms with van der Waals surface area (Å²) < 4.78 is 16.3. The molecule has 0 amide bonds. The van der Waals surface area contributed by atoms with E-state index in [1.165, 1.54) is 56.9 Å². The highest BCUT2D eigenvalue weighted by molar-refractivity contribution is 7.83. The van der Waals surface area contributed by atoms with E-state index in [1.807, 2.05) is 0 Å². The third-order valence-electron chi connectivity index (χ3n) is 5.68. The molecule has 1 aromatic rings. The zero-order valence-corrected chi connectivity index (χ0v) is 15.0. The van der Waals surface area contributed by atoms with Crippen LogP contribution in [0.4, 0.5) is 0 Å². The molecule has 0 aromatic heterocycles. The van der Waals surface area contributed by atoms with E-state index in [0.717, 1.165) is 16.0 Å². The molecule has 22 heavy (non-hydrogen) atoms. The van der Waals surface area contributed by atoms with Crippen LogP contribution in [0, 0.1) is 26.2 Å². The quantitative estimate of drug-likeness (QED) is 0.857. The maximum Gasteiger partial charge on any atom is 0.125 e. The van der Waals surface area contributed by atoms with Gasteiger partial charge in [0.2, 0.25) is 0 Å². The van der Waals surface area contributed by atoms with Gasteiger partial charge < -0.3 is 0 Å². The summed E-state index contributed by atoms with van der Waals surface area (Å²) in [7, 11) is -1.08. The Morgan fingerprint density at radius 2 is 1.68 bits per heavy atom. The van der Waals surface area contributed by atoms with E-state index in [1.54, 1.807) is 0 Å². The van der Waals surface area contributed by atoms with Crippen molar-refractivity contribution >= 4 is 11.0 Å². The van der Waals surface area contributed by atoms with Gasteiger partial charge in [-0.3, -0.25) is 0 Å². The van der Waals surface area contributed by atoms with Crippen molar-refractivity contribution in [3.05, 3.63) is 28.8 Å². The molecule has 122 valence electrons. The van der Waals surface area contributed by atoms with Gasteiger partial charge in [-0.05, 0) is 69.4 Å². The average Bonchev–Trinajstić information content (AvgIpc) is 2.80. The summed E-state index contributed by atoms with van der Waals surface area (Å²) in [5.41, 5.74) is 4.11. The van der Waals surface area contributed by atoms with Gasteiger partial charge >= 0.3 is 0 Å². The highest BCUT2D eigenvalue weighted by Gasteiger charge is 2.40. The molecular weight excluding hydrogens is 290 g/mol. The molecule has 2 saturated carbocycles. The van der Waals surface area contributed by atoms with E-state index in [-0.39, 0.29) is 0 Å². The first kappa shape index (κ1) is 16.2. The zero-order chi connectivity index (χ0) is 15.7. The molecule has 2 atom stereocenters. The third-order valence-corrected chi connectivity index (χ3v) is 7.24. The van der Waals surface area contributed by atoms with Crippen molar-refractivity contribution in [3.63, 3.8) is 0 Å². The van der Waals surface area contributed by atoms with Crippen molar-refractivity contribution in [2.24, 2.45) is 5.41 Å². The molecule has 1 aromatic carbocycles. The maximum absolute atomic E-state index is 12.8. The molecule has 2 aliphatic rings. The van der Waals surface area contributed by atoms with Gasteiger partial charge in [0.15, 0.2) is 0 Å². The number of nitrogens with one attached hydrogen (secondary N) is 1. The normalized spacial score (nSPS) is 25.5. The molecule has 1 unspecified atom stereocenters. The van der Waals surface area contributed by atoms with Crippen LogP contribution in [0.3, 0.4) is 0 Å². The molecular formula is C19H29NOS. The van der Waals surface area contributed by atoms with Crippen LogP contribution in [0.5, 0.6) is 0 Å². The van der Waals surface area contributed by atoms with E-state index in [2.05, 4.69) is 37.6 Å². The second kappa shape index (κ2) is 6.45. The summed E-state index contributed by atoms with van der Waals surface area (Å²) in [6.07, 6.45) is 10.7. The van der Waals surface area contributed by atoms with Gasteiger partial charge in [0.1, 0.15) is 11.0 Å². The second-order valence-corrected chi connectivity index (χ2v) is 8.80. The van der Waals surface area contributed by atoms with Crippen LogP contribution in [0.15, 0.2) is 17.0 Å². The van der Waals surface area contributed by atoms with Crippen LogP contribution in [0.25, 0.3) is 0 Å². The molecule has 0 bridgehead atoms. The van der Waals surface area contributed by atoms with Gasteiger partial charge in [0, 0.05) is 6.04 Å². The average molecular weight is 320 g/mol. The number of rotatable bonds is 3. The summed E-state index contributed by atoms with van der Waals surface area (Å²) >= 11 is 0. The predicted octanol–water partition coefficient (Wildman–Crippen LogP) is 4.73. The largest absolute Gasteiger partial charge is 0.237 e. The van der Waals surface area contributed by atoms with Crippen molar-refractivity contribution in [1.29, 1.82) is 0 Å². The number of hydrogen-bond acceptors (Lipinski definition) is 1. The first-order valence-corrected chi connectivity index (χ1v) is 9.90. The van der Waals surface area contributed by atoms with E-state index < -0.39 is 11.0 Å². The fourth-order valence-corrected chi connectivity index (χ4v) is 6.06. The van der Waals surface area contributed by atoms with Crippen LogP contribution >= 0.6 is 0 Å². The van der Waals surface area contributed by atoms with E-state index in [0.29, 0.717) is 11.5 Å². The van der Waals surface area contributed by atoms with Crippen molar-refractivity contribution in [2.45, 2.75) is 83.1 Å². The van der Waals surface area contributed by atoms with E-state index in [9.17, 15) is 4.21 Å². The fraction of sp³-hybridized carbons (Fsp3) is 0.684. The summed E-state index contributed by atoms with van der Waals surface area (Å²) in [6, 6.07) is 4.71. The van der Waals surface area contributed by atoms with Gasteiger partial charge in [-0.25, -0.2) is 8.93 Å². The Kier molecular flexibility index (Phi) is 4.75. The molecule has 0 heterocycles. The lowest BCUT2D eigenvalue weighted by molar-refractivity contribution is 0.194. The number of hydrogen-bond donors (Lipinski definition) is 1. The zero-order valence-electron chi connectivity index (χ0n) is 14.2. The molecule has 3 rings (SSSR count). The highest BCUT2D eigenvalue weighted by atomic mass is 32.2. The lowest BCUT2D eigenvalue weighted by Gasteiger charge is -2.33. The van der Waals surface area contributed by atoms with Gasteiger partial charge in [0.25, 0.3) is 0 Å². The van der Waals surface area contributed by atoms with Crippen LogP contribution in [-0.2, 0) is 11.0 Å². The van der Waals surface area contributed by atoms with Crippen LogP contribution < -0.4 is 4.72 Å². The highest BCUT2D eigenvalue weighted by Crippen LogP contribution is 2.49. The van der Waals surface area contributed by atoms with Crippen LogP contribution in [0.1, 0.15) is 68.1 Å². The Hall–Kier alpha value is -0.670. The first-order chi connectivity index (χ1) is 10.5. The number of benzene rings is 1. The monoisotopic (exact) mass is 319 g/mol. The molecule has 1 N–H and O–H groups in total. The number of aryl methyl sites for hydroxylation is 3. The maximum atomic E-state index is 12.8. The molecule has 0 radical (unpaired) electrons. The van der Waals surface area contributed by atoms with Gasteiger partial charge in [-0.2, -0.15) is 0 Å². The minimum atomic E-state index is -1.08. The minimum absolute atomic E-state index is 0.430. The molecule has 0 aliphatic heterocycles. The first-order valence-electron chi connectivity index (χ1n) is 8.75. The summed E-state index contributed by atoms with van der Waals surface area (Å²) in [5, 5.41) is 0. The Balaban J connectivity index is 1.68. The fourth-order valence-electron chi connectivity index (χ4n) is 4.73. The van der Waals surface area contributed by atoms with E-state index in [4.69, 9.17) is 0 Å². The Morgan fingerprint density at radius 3 is 2.32 bits per heavy atom. The molecule has 2 fully saturated rings. The van der Waals surface area contributed by atoms with Crippen molar-refractivity contribution < 1.29 is 4.21 Å². The van der Waals surface area contributed by atoms with Crippen LogP contribution in [-0.4, -0.2) is 10.3 Å². The predicted molar refractivity (Wildman–Crippen MR) is 93.4 cm³/mol. The van der Waals surface area contributed by atoms with Crippen LogP contribution in [0.2, 0.25) is 0 Å². The Bertz CT molecular complexity index is 552. The topological polar surface area (TPSA) is 29.1 Å². The van der Waals surface area contributed by atoms with Gasteiger partial charge in [0.05, 0.1) is 4.90 Å². The minimum Gasteiger partial charge on any atom is -0.237 e. The van der Waals surface area contributed by atoms with Crippen molar-refractivity contribution in [2.75, 3.05) is 0 Å².